The number of sulfone groups is 1. The van der Waals surface area contributed by atoms with Gasteiger partial charge in [-0.25, -0.2) is 8.42 Å². The van der Waals surface area contributed by atoms with E-state index in [1.807, 2.05) is 20.3 Å². The molecule has 0 aliphatic carbocycles. The number of rotatable bonds is 6. The molecule has 0 spiro atoms. The highest BCUT2D eigenvalue weighted by Crippen LogP contribution is 2.15. The summed E-state index contributed by atoms with van der Waals surface area (Å²) in [5.41, 5.74) is 1.20. The van der Waals surface area contributed by atoms with Crippen LogP contribution in [0.25, 0.3) is 0 Å². The van der Waals surface area contributed by atoms with Crippen LogP contribution in [0.15, 0.2) is 21.7 Å². The Morgan fingerprint density at radius 2 is 2.08 bits per heavy atom. The van der Waals surface area contributed by atoms with Gasteiger partial charge in [0.25, 0.3) is 0 Å². The van der Waals surface area contributed by atoms with Gasteiger partial charge in [-0.1, -0.05) is 0 Å². The summed E-state index contributed by atoms with van der Waals surface area (Å²) in [4.78, 5) is 8.97. The molecule has 0 aromatic carbocycles. The van der Waals surface area contributed by atoms with Gasteiger partial charge in [0.05, 0.1) is 24.6 Å². The molecule has 0 radical (unpaired) electrons. The van der Waals surface area contributed by atoms with E-state index >= 15 is 0 Å². The van der Waals surface area contributed by atoms with Gasteiger partial charge in [-0.15, -0.1) is 0 Å². The lowest BCUT2D eigenvalue weighted by molar-refractivity contribution is 0.303. The van der Waals surface area contributed by atoms with Crippen LogP contribution < -0.4 is 5.32 Å². The van der Waals surface area contributed by atoms with E-state index in [0.29, 0.717) is 19.6 Å². The summed E-state index contributed by atoms with van der Waals surface area (Å²) < 4.78 is 26.1. The average molecular weight is 434 g/mol. The van der Waals surface area contributed by atoms with Crippen molar-refractivity contribution in [3.8, 4) is 0 Å². The number of hydrogen-bond acceptors (Lipinski definition) is 4. The minimum absolute atomic E-state index is 0.263. The van der Waals surface area contributed by atoms with Gasteiger partial charge in [0.15, 0.2) is 15.8 Å². The van der Waals surface area contributed by atoms with Crippen molar-refractivity contribution in [1.82, 2.24) is 19.7 Å². The van der Waals surface area contributed by atoms with E-state index in [4.69, 9.17) is 4.99 Å². The molecule has 0 saturated carbocycles. The lowest BCUT2D eigenvalue weighted by Crippen LogP contribution is -2.42. The van der Waals surface area contributed by atoms with E-state index in [9.17, 15) is 8.42 Å². The van der Waals surface area contributed by atoms with Crippen molar-refractivity contribution < 1.29 is 8.42 Å². The zero-order chi connectivity index (χ0) is 18.4. The van der Waals surface area contributed by atoms with Crippen molar-refractivity contribution in [3.63, 3.8) is 0 Å². The van der Waals surface area contributed by atoms with E-state index in [-0.39, 0.29) is 11.5 Å². The second-order valence-corrected chi connectivity index (χ2v) is 9.57. The Labute approximate surface area is 159 Å². The number of aryl methyl sites for hydroxylation is 1. The Morgan fingerprint density at radius 1 is 1.40 bits per heavy atom. The highest BCUT2D eigenvalue weighted by atomic mass is 79.9. The van der Waals surface area contributed by atoms with Gasteiger partial charge in [-0.2, -0.15) is 0 Å². The predicted octanol–water partition coefficient (Wildman–Crippen LogP) is 0.915. The summed E-state index contributed by atoms with van der Waals surface area (Å²) in [6.07, 6.45) is 2.04. The Morgan fingerprint density at radius 3 is 2.64 bits per heavy atom. The minimum Gasteiger partial charge on any atom is -0.357 e. The average Bonchev–Trinajstić information content (AvgIpc) is 2.85. The van der Waals surface area contributed by atoms with Crippen LogP contribution in [0.1, 0.15) is 12.6 Å². The van der Waals surface area contributed by atoms with Crippen LogP contribution in [-0.4, -0.2) is 80.0 Å². The summed E-state index contributed by atoms with van der Waals surface area (Å²) in [6.45, 7) is 6.29. The van der Waals surface area contributed by atoms with Crippen LogP contribution in [-0.2, 0) is 23.4 Å². The van der Waals surface area contributed by atoms with E-state index in [1.165, 1.54) is 5.69 Å². The number of halogens is 1. The predicted molar refractivity (Wildman–Crippen MR) is 106 cm³/mol. The maximum Gasteiger partial charge on any atom is 0.194 e. The van der Waals surface area contributed by atoms with Gasteiger partial charge < -0.3 is 14.8 Å². The highest BCUT2D eigenvalue weighted by Gasteiger charge is 2.21. The maximum absolute atomic E-state index is 11.5. The molecule has 1 saturated heterocycles. The molecule has 2 heterocycles. The Balaban J connectivity index is 1.90. The fraction of sp³-hybridized carbons (Fsp3) is 0.688. The van der Waals surface area contributed by atoms with Crippen molar-refractivity contribution in [3.05, 3.63) is 22.4 Å². The summed E-state index contributed by atoms with van der Waals surface area (Å²) in [7, 11) is 1.23. The molecule has 0 amide bonds. The second kappa shape index (κ2) is 9.05. The molecular formula is C16H28BrN5O2S. The second-order valence-electron chi connectivity index (χ2n) is 6.35. The quantitative estimate of drug-likeness (QED) is 0.533. The molecule has 9 heteroatoms. The first kappa shape index (κ1) is 20.3. The van der Waals surface area contributed by atoms with Crippen LogP contribution in [0.3, 0.4) is 0 Å². The van der Waals surface area contributed by atoms with Gasteiger partial charge in [0, 0.05) is 56.6 Å². The molecule has 2 rings (SSSR count). The zero-order valence-electron chi connectivity index (χ0n) is 15.2. The van der Waals surface area contributed by atoms with E-state index < -0.39 is 9.84 Å². The Hall–Kier alpha value is -1.06. The van der Waals surface area contributed by atoms with Crippen molar-refractivity contribution in [2.75, 3.05) is 51.3 Å². The first-order valence-electron chi connectivity index (χ1n) is 8.53. The topological polar surface area (TPSA) is 69.9 Å². The van der Waals surface area contributed by atoms with Crippen LogP contribution >= 0.6 is 15.9 Å². The van der Waals surface area contributed by atoms with Crippen LogP contribution in [0.2, 0.25) is 0 Å². The molecule has 1 N–H and O–H groups in total. The molecule has 0 atom stereocenters. The highest BCUT2D eigenvalue weighted by molar-refractivity contribution is 9.10. The lowest BCUT2D eigenvalue weighted by atomic mass is 10.4. The van der Waals surface area contributed by atoms with Gasteiger partial charge in [-0.3, -0.25) is 9.89 Å². The SMILES string of the molecule is CCNC(=NCCN1CCS(=O)(=O)CC1)N(C)Cc1cc(Br)cn1C. The monoisotopic (exact) mass is 433 g/mol. The summed E-state index contributed by atoms with van der Waals surface area (Å²) >= 11 is 3.50. The number of aromatic nitrogens is 1. The third-order valence-corrected chi connectivity index (χ3v) is 6.33. The number of aliphatic imine (C=N–C) groups is 1. The fourth-order valence-electron chi connectivity index (χ4n) is 2.78. The molecule has 1 fully saturated rings. The van der Waals surface area contributed by atoms with Crippen molar-refractivity contribution in [2.45, 2.75) is 13.5 Å². The molecule has 7 nitrogen and oxygen atoms in total. The van der Waals surface area contributed by atoms with Crippen molar-refractivity contribution >= 4 is 31.7 Å². The molecule has 0 bridgehead atoms. The van der Waals surface area contributed by atoms with Gasteiger partial charge in [0.2, 0.25) is 0 Å². The smallest absolute Gasteiger partial charge is 0.194 e. The van der Waals surface area contributed by atoms with Crippen LogP contribution in [0, 0.1) is 0 Å². The van der Waals surface area contributed by atoms with Crippen LogP contribution in [0.5, 0.6) is 0 Å². The van der Waals surface area contributed by atoms with Crippen molar-refractivity contribution in [2.24, 2.45) is 12.0 Å². The summed E-state index contributed by atoms with van der Waals surface area (Å²) in [6, 6.07) is 2.11. The summed E-state index contributed by atoms with van der Waals surface area (Å²) in [5, 5.41) is 3.32. The Kier molecular flexibility index (Phi) is 7.33. The number of guanidine groups is 1. The molecule has 1 aliphatic heterocycles. The molecule has 142 valence electrons. The van der Waals surface area contributed by atoms with E-state index in [1.54, 1.807) is 0 Å². The molecule has 1 aromatic heterocycles. The minimum atomic E-state index is -2.82. The first-order chi connectivity index (χ1) is 11.8. The largest absolute Gasteiger partial charge is 0.357 e. The van der Waals surface area contributed by atoms with Crippen molar-refractivity contribution in [1.29, 1.82) is 0 Å². The van der Waals surface area contributed by atoms with Gasteiger partial charge >= 0.3 is 0 Å². The first-order valence-corrected chi connectivity index (χ1v) is 11.1. The number of nitrogens with one attached hydrogen (secondary N) is 1. The molecular weight excluding hydrogens is 406 g/mol. The lowest BCUT2D eigenvalue weighted by Gasteiger charge is -2.26. The van der Waals surface area contributed by atoms with Gasteiger partial charge in [0.1, 0.15) is 0 Å². The number of hydrogen-bond donors (Lipinski definition) is 1. The normalized spacial score (nSPS) is 18.3. The molecule has 0 unspecified atom stereocenters. The zero-order valence-corrected chi connectivity index (χ0v) is 17.6. The standard InChI is InChI=1S/C16H28BrN5O2S/c1-4-18-16(21(3)13-15-11-14(17)12-20(15)2)19-5-6-22-7-9-25(23,24)10-8-22/h11-12H,4-10,13H2,1-3H3,(H,18,19). The third-order valence-electron chi connectivity index (χ3n) is 4.28. The van der Waals surface area contributed by atoms with E-state index in [0.717, 1.165) is 30.1 Å². The third kappa shape index (κ3) is 6.31. The summed E-state index contributed by atoms with van der Waals surface area (Å²) in [5.74, 6) is 1.39. The van der Waals surface area contributed by atoms with Crippen LogP contribution in [0.4, 0.5) is 0 Å². The maximum atomic E-state index is 11.5. The fourth-order valence-corrected chi connectivity index (χ4v) is 4.63. The van der Waals surface area contributed by atoms with E-state index in [2.05, 4.69) is 48.6 Å². The number of nitrogens with zero attached hydrogens (tertiary/aromatic N) is 4. The molecule has 1 aromatic rings. The Bertz CT molecular complexity index is 687. The molecule has 25 heavy (non-hydrogen) atoms. The van der Waals surface area contributed by atoms with Gasteiger partial charge in [-0.05, 0) is 28.9 Å². The molecule has 1 aliphatic rings.